The molecular weight excluding hydrogens is 581 g/mol. The van der Waals surface area contributed by atoms with E-state index in [2.05, 4.69) is 182 Å². The summed E-state index contributed by atoms with van der Waals surface area (Å²) >= 11 is 0. The zero-order chi connectivity index (χ0) is 32.2. The van der Waals surface area contributed by atoms with Crippen molar-refractivity contribution >= 4 is 43.4 Å². The lowest BCUT2D eigenvalue weighted by molar-refractivity contribution is 0.760. The summed E-state index contributed by atoms with van der Waals surface area (Å²) in [7, 11) is 0. The van der Waals surface area contributed by atoms with Crippen LogP contribution >= 0.6 is 0 Å². The Balaban J connectivity index is 1.18. The summed E-state index contributed by atoms with van der Waals surface area (Å²) < 4.78 is 2.31. The average molecular weight is 615 g/mol. The van der Waals surface area contributed by atoms with E-state index in [-0.39, 0.29) is 0 Å². The topological polar surface area (TPSA) is 17.8 Å². The molecule has 9 aromatic rings. The van der Waals surface area contributed by atoms with Gasteiger partial charge in [0.05, 0.1) is 11.0 Å². The van der Waals surface area contributed by atoms with E-state index < -0.39 is 0 Å². The number of para-hydroxylation sites is 2. The molecule has 1 heterocycles. The predicted octanol–water partition coefficient (Wildman–Crippen LogP) is 12.6. The van der Waals surface area contributed by atoms with Gasteiger partial charge >= 0.3 is 0 Å². The minimum Gasteiger partial charge on any atom is -0.296 e. The van der Waals surface area contributed by atoms with Crippen LogP contribution in [0.2, 0.25) is 0 Å². The second-order valence-corrected chi connectivity index (χ2v) is 13.0. The molecule has 0 atom stereocenters. The Hall–Kier alpha value is -5.99. The molecule has 0 spiro atoms. The quantitative estimate of drug-likeness (QED) is 0.176. The highest BCUT2D eigenvalue weighted by atomic mass is 15.1. The van der Waals surface area contributed by atoms with Crippen molar-refractivity contribution in [3.05, 3.63) is 170 Å². The van der Waals surface area contributed by atoms with Gasteiger partial charge in [-0.3, -0.25) is 4.57 Å². The van der Waals surface area contributed by atoms with Crippen LogP contribution in [0.5, 0.6) is 0 Å². The second kappa shape index (κ2) is 11.4. The van der Waals surface area contributed by atoms with Gasteiger partial charge in [0.25, 0.3) is 0 Å². The molecule has 228 valence electrons. The summed E-state index contributed by atoms with van der Waals surface area (Å²) in [5.74, 6) is 1.38. The summed E-state index contributed by atoms with van der Waals surface area (Å²) in [5, 5.41) is 7.56. The van der Waals surface area contributed by atoms with Crippen LogP contribution in [-0.2, 0) is 0 Å². The van der Waals surface area contributed by atoms with Crippen molar-refractivity contribution in [2.75, 3.05) is 0 Å². The maximum atomic E-state index is 4.99. The molecule has 48 heavy (non-hydrogen) atoms. The molecular formula is C46H34N2. The monoisotopic (exact) mass is 614 g/mol. The first-order chi connectivity index (χ1) is 23.6. The smallest absolute Gasteiger partial charge is 0.117 e. The summed E-state index contributed by atoms with van der Waals surface area (Å²) in [4.78, 5) is 4.99. The zero-order valence-electron chi connectivity index (χ0n) is 27.1. The third kappa shape index (κ3) is 4.60. The molecule has 0 fully saturated rings. The minimum atomic E-state index is 0.305. The van der Waals surface area contributed by atoms with E-state index in [1.54, 1.807) is 0 Å². The molecule has 0 aliphatic heterocycles. The summed E-state index contributed by atoms with van der Waals surface area (Å²) in [6.45, 7) is 4.42. The fraction of sp³-hybridized carbons (Fsp3) is 0.0652. The Morgan fingerprint density at radius 1 is 0.438 bits per heavy atom. The molecule has 0 aliphatic carbocycles. The third-order valence-electron chi connectivity index (χ3n) is 9.71. The minimum absolute atomic E-state index is 0.305. The first kappa shape index (κ1) is 28.3. The number of fused-ring (bicyclic) bond motifs is 4. The number of aromatic nitrogens is 2. The number of rotatable bonds is 5. The molecule has 9 rings (SSSR count). The van der Waals surface area contributed by atoms with Crippen molar-refractivity contribution in [3.8, 4) is 39.1 Å². The normalized spacial score (nSPS) is 11.7. The number of hydrogen-bond acceptors (Lipinski definition) is 1. The van der Waals surface area contributed by atoms with E-state index in [0.29, 0.717) is 5.92 Å². The molecule has 0 aliphatic rings. The van der Waals surface area contributed by atoms with E-state index in [0.717, 1.165) is 22.5 Å². The van der Waals surface area contributed by atoms with Crippen LogP contribution in [0, 0.1) is 0 Å². The van der Waals surface area contributed by atoms with Crippen LogP contribution < -0.4 is 0 Å². The molecule has 1 aromatic heterocycles. The van der Waals surface area contributed by atoms with Gasteiger partial charge in [0.1, 0.15) is 5.82 Å². The van der Waals surface area contributed by atoms with Gasteiger partial charge < -0.3 is 0 Å². The summed E-state index contributed by atoms with van der Waals surface area (Å²) in [6.07, 6.45) is 0. The molecule has 0 saturated carbocycles. The summed E-state index contributed by atoms with van der Waals surface area (Å²) in [6, 6.07) is 59.6. The lowest BCUT2D eigenvalue weighted by Gasteiger charge is -2.18. The highest BCUT2D eigenvalue weighted by molar-refractivity contribution is 6.21. The van der Waals surface area contributed by atoms with E-state index in [1.165, 1.54) is 65.7 Å². The van der Waals surface area contributed by atoms with Gasteiger partial charge in [0, 0.05) is 11.6 Å². The van der Waals surface area contributed by atoms with E-state index >= 15 is 0 Å². The Bertz CT molecular complexity index is 2570. The Kier molecular flexibility index (Phi) is 6.69. The van der Waals surface area contributed by atoms with Gasteiger partial charge in [-0.1, -0.05) is 147 Å². The third-order valence-corrected chi connectivity index (χ3v) is 9.71. The first-order valence-electron chi connectivity index (χ1n) is 16.8. The molecule has 0 N–H and O–H groups in total. The maximum absolute atomic E-state index is 4.99. The van der Waals surface area contributed by atoms with Crippen LogP contribution in [0.4, 0.5) is 0 Å². The Morgan fingerprint density at radius 2 is 0.917 bits per heavy atom. The zero-order valence-corrected chi connectivity index (χ0v) is 27.1. The highest BCUT2D eigenvalue weighted by Gasteiger charge is 2.18. The number of hydrogen-bond donors (Lipinski definition) is 0. The standard InChI is InChI=1S/C46H34N2/c1-30(2)46-47-42-17-9-10-18-43(42)48(46)37-27-25-34(26-28-37)45-40-15-7-5-13-38(40)44(39-14-6-8-16-41(39)45)33-22-19-32(20-23-33)36-24-21-31-11-3-4-12-35(31)29-36/h3-30H,1-2H3. The van der Waals surface area contributed by atoms with Crippen LogP contribution in [0.25, 0.3) is 82.4 Å². The van der Waals surface area contributed by atoms with Crippen molar-refractivity contribution in [1.29, 1.82) is 0 Å². The van der Waals surface area contributed by atoms with Gasteiger partial charge in [-0.15, -0.1) is 0 Å². The van der Waals surface area contributed by atoms with E-state index in [1.807, 2.05) is 0 Å². The van der Waals surface area contributed by atoms with Gasteiger partial charge in [0.15, 0.2) is 0 Å². The van der Waals surface area contributed by atoms with Crippen LogP contribution in [-0.4, -0.2) is 9.55 Å². The number of imidazole rings is 1. The SMILES string of the molecule is CC(C)c1nc2ccccc2n1-c1ccc(-c2c3ccccc3c(-c3ccc(-c4ccc5ccccc5c4)cc3)c3ccccc23)cc1. The van der Waals surface area contributed by atoms with Crippen molar-refractivity contribution < 1.29 is 0 Å². The Morgan fingerprint density at radius 3 is 1.52 bits per heavy atom. The van der Waals surface area contributed by atoms with Gasteiger partial charge in [0.2, 0.25) is 0 Å². The lowest BCUT2D eigenvalue weighted by Crippen LogP contribution is -2.03. The van der Waals surface area contributed by atoms with Gasteiger partial charge in [-0.2, -0.15) is 0 Å². The largest absolute Gasteiger partial charge is 0.296 e. The van der Waals surface area contributed by atoms with Crippen molar-refractivity contribution in [3.63, 3.8) is 0 Å². The molecule has 2 nitrogen and oxygen atoms in total. The number of benzene rings is 8. The highest BCUT2D eigenvalue weighted by Crippen LogP contribution is 2.44. The second-order valence-electron chi connectivity index (χ2n) is 13.0. The van der Waals surface area contributed by atoms with Crippen molar-refractivity contribution in [2.45, 2.75) is 19.8 Å². The molecule has 0 bridgehead atoms. The summed E-state index contributed by atoms with van der Waals surface area (Å²) in [5.41, 5.74) is 10.7. The Labute approximate surface area is 280 Å². The van der Waals surface area contributed by atoms with Crippen LogP contribution in [0.1, 0.15) is 25.6 Å². The predicted molar refractivity (Wildman–Crippen MR) is 204 cm³/mol. The first-order valence-corrected chi connectivity index (χ1v) is 16.8. The molecule has 0 saturated heterocycles. The fourth-order valence-electron chi connectivity index (χ4n) is 7.43. The van der Waals surface area contributed by atoms with Crippen LogP contribution in [0.15, 0.2) is 164 Å². The maximum Gasteiger partial charge on any atom is 0.117 e. The molecule has 0 amide bonds. The molecule has 2 heteroatoms. The molecule has 0 unspecified atom stereocenters. The van der Waals surface area contributed by atoms with Gasteiger partial charge in [-0.25, -0.2) is 4.98 Å². The fourth-order valence-corrected chi connectivity index (χ4v) is 7.43. The van der Waals surface area contributed by atoms with Crippen molar-refractivity contribution in [1.82, 2.24) is 9.55 Å². The average Bonchev–Trinajstić information content (AvgIpc) is 3.54. The van der Waals surface area contributed by atoms with Crippen LogP contribution in [0.3, 0.4) is 0 Å². The molecule has 8 aromatic carbocycles. The van der Waals surface area contributed by atoms with Crippen molar-refractivity contribution in [2.24, 2.45) is 0 Å². The van der Waals surface area contributed by atoms with E-state index in [4.69, 9.17) is 4.98 Å². The van der Waals surface area contributed by atoms with Gasteiger partial charge in [-0.05, 0) is 96.0 Å². The van der Waals surface area contributed by atoms with E-state index in [9.17, 15) is 0 Å². The lowest BCUT2D eigenvalue weighted by atomic mass is 9.85. The molecule has 0 radical (unpaired) electrons. The number of nitrogens with zero attached hydrogens (tertiary/aromatic N) is 2.